The van der Waals surface area contributed by atoms with Crippen molar-refractivity contribution in [3.8, 4) is 0 Å². The van der Waals surface area contributed by atoms with Gasteiger partial charge in [-0.25, -0.2) is 0 Å². The van der Waals surface area contributed by atoms with E-state index < -0.39 is 11.7 Å². The van der Waals surface area contributed by atoms with Crippen molar-refractivity contribution >= 4 is 29.0 Å². The second-order valence-corrected chi connectivity index (χ2v) is 5.50. The number of halogens is 3. The summed E-state index contributed by atoms with van der Waals surface area (Å²) in [6.07, 6.45) is -4.53. The van der Waals surface area contributed by atoms with E-state index in [1.807, 2.05) is 6.92 Å². The molecule has 1 rings (SSSR count). The fourth-order valence-corrected chi connectivity index (χ4v) is 2.16. The van der Waals surface area contributed by atoms with Gasteiger partial charge in [-0.05, 0) is 30.9 Å². The highest BCUT2D eigenvalue weighted by atomic mass is 32.2. The predicted molar refractivity (Wildman–Crippen MR) is 72.1 cm³/mol. The Morgan fingerprint density at radius 3 is 2.63 bits per heavy atom. The first kappa shape index (κ1) is 15.7. The number of nitrogen functional groups attached to an aromatic ring is 1. The molecule has 7 heteroatoms. The van der Waals surface area contributed by atoms with E-state index in [9.17, 15) is 18.0 Å². The van der Waals surface area contributed by atoms with Crippen LogP contribution < -0.4 is 11.1 Å². The molecule has 19 heavy (non-hydrogen) atoms. The molecule has 0 aliphatic heterocycles. The minimum absolute atomic E-state index is 0.0927. The van der Waals surface area contributed by atoms with Crippen molar-refractivity contribution in [1.82, 2.24) is 0 Å². The number of benzene rings is 1. The van der Waals surface area contributed by atoms with Gasteiger partial charge in [-0.2, -0.15) is 13.2 Å². The van der Waals surface area contributed by atoms with Gasteiger partial charge >= 0.3 is 6.18 Å². The average Bonchev–Trinajstić information content (AvgIpc) is 2.30. The van der Waals surface area contributed by atoms with Crippen molar-refractivity contribution in [3.05, 3.63) is 23.8 Å². The van der Waals surface area contributed by atoms with Crippen LogP contribution in [-0.4, -0.2) is 16.9 Å². The first-order valence-corrected chi connectivity index (χ1v) is 6.69. The number of carbonyl (C=O) groups is 1. The Morgan fingerprint density at radius 2 is 2.11 bits per heavy atom. The van der Waals surface area contributed by atoms with Crippen LogP contribution >= 0.6 is 11.8 Å². The SMILES string of the molecule is CCSC(C)C(=O)Nc1ccc(N)c(C(F)(F)F)c1. The summed E-state index contributed by atoms with van der Waals surface area (Å²) in [6, 6.07) is 3.33. The molecule has 0 saturated heterocycles. The number of nitrogens with one attached hydrogen (secondary N) is 1. The van der Waals surface area contributed by atoms with Gasteiger partial charge in [-0.15, -0.1) is 11.8 Å². The van der Waals surface area contributed by atoms with E-state index in [0.717, 1.165) is 17.9 Å². The number of rotatable bonds is 4. The zero-order chi connectivity index (χ0) is 14.6. The molecule has 1 aromatic rings. The third-order valence-corrected chi connectivity index (χ3v) is 3.46. The number of alkyl halides is 3. The highest BCUT2D eigenvalue weighted by Crippen LogP contribution is 2.35. The molecule has 1 atom stereocenters. The maximum Gasteiger partial charge on any atom is 0.418 e. The Bertz CT molecular complexity index is 463. The maximum atomic E-state index is 12.6. The van der Waals surface area contributed by atoms with Gasteiger partial charge in [0.1, 0.15) is 0 Å². The molecule has 106 valence electrons. The van der Waals surface area contributed by atoms with Crippen LogP contribution in [0.15, 0.2) is 18.2 Å². The third-order valence-electron chi connectivity index (χ3n) is 2.41. The molecule has 0 heterocycles. The van der Waals surface area contributed by atoms with Crippen LogP contribution in [0.2, 0.25) is 0 Å². The Balaban J connectivity index is 2.89. The number of amides is 1. The van der Waals surface area contributed by atoms with Crippen LogP contribution in [0, 0.1) is 0 Å². The normalized spacial score (nSPS) is 13.1. The molecule has 0 aliphatic rings. The van der Waals surface area contributed by atoms with Crippen molar-refractivity contribution < 1.29 is 18.0 Å². The van der Waals surface area contributed by atoms with Gasteiger partial charge in [-0.1, -0.05) is 6.92 Å². The number of anilines is 2. The standard InChI is InChI=1S/C12H15F3N2OS/c1-3-19-7(2)11(18)17-8-4-5-10(16)9(6-8)12(13,14)15/h4-7H,3,16H2,1-2H3,(H,17,18). The van der Waals surface area contributed by atoms with Crippen LogP contribution in [0.25, 0.3) is 0 Å². The topological polar surface area (TPSA) is 55.1 Å². The number of thioether (sulfide) groups is 1. The van der Waals surface area contributed by atoms with Gasteiger partial charge < -0.3 is 11.1 Å². The fraction of sp³-hybridized carbons (Fsp3) is 0.417. The summed E-state index contributed by atoms with van der Waals surface area (Å²) < 4.78 is 37.9. The zero-order valence-electron chi connectivity index (χ0n) is 10.5. The van der Waals surface area contributed by atoms with Crippen molar-refractivity contribution in [1.29, 1.82) is 0 Å². The van der Waals surface area contributed by atoms with E-state index in [0.29, 0.717) is 0 Å². The lowest BCUT2D eigenvalue weighted by Gasteiger charge is -2.14. The largest absolute Gasteiger partial charge is 0.418 e. The molecule has 3 N–H and O–H groups in total. The van der Waals surface area contributed by atoms with E-state index in [-0.39, 0.29) is 22.5 Å². The van der Waals surface area contributed by atoms with Gasteiger partial charge in [0.05, 0.1) is 10.8 Å². The first-order valence-electron chi connectivity index (χ1n) is 5.65. The molecule has 3 nitrogen and oxygen atoms in total. The van der Waals surface area contributed by atoms with Crippen molar-refractivity contribution in [2.75, 3.05) is 16.8 Å². The van der Waals surface area contributed by atoms with Crippen LogP contribution in [0.4, 0.5) is 24.5 Å². The summed E-state index contributed by atoms with van der Waals surface area (Å²) in [5.41, 5.74) is 4.07. The van der Waals surface area contributed by atoms with Gasteiger partial charge in [0.2, 0.25) is 5.91 Å². The molecule has 0 radical (unpaired) electrons. The molecule has 0 bridgehead atoms. The summed E-state index contributed by atoms with van der Waals surface area (Å²) in [5, 5.41) is 2.13. The van der Waals surface area contributed by atoms with Crippen LogP contribution in [-0.2, 0) is 11.0 Å². The van der Waals surface area contributed by atoms with Crippen molar-refractivity contribution in [3.63, 3.8) is 0 Å². The van der Waals surface area contributed by atoms with E-state index >= 15 is 0 Å². The Labute approximate surface area is 113 Å². The quantitative estimate of drug-likeness (QED) is 0.837. The molecule has 1 unspecified atom stereocenters. The summed E-state index contributed by atoms with van der Waals surface area (Å²) in [7, 11) is 0. The zero-order valence-corrected chi connectivity index (χ0v) is 11.4. The van der Waals surface area contributed by atoms with E-state index in [1.165, 1.54) is 17.8 Å². The molecule has 0 aliphatic carbocycles. The molecule has 0 fully saturated rings. The van der Waals surface area contributed by atoms with E-state index in [2.05, 4.69) is 5.32 Å². The second kappa shape index (κ2) is 6.18. The Morgan fingerprint density at radius 1 is 1.47 bits per heavy atom. The molecule has 1 amide bonds. The monoisotopic (exact) mass is 292 g/mol. The maximum absolute atomic E-state index is 12.6. The molecular weight excluding hydrogens is 277 g/mol. The van der Waals surface area contributed by atoms with Gasteiger partial charge in [0, 0.05) is 11.4 Å². The average molecular weight is 292 g/mol. The van der Waals surface area contributed by atoms with Crippen LogP contribution in [0.5, 0.6) is 0 Å². The molecule has 0 spiro atoms. The summed E-state index contributed by atoms with van der Waals surface area (Å²) in [5.74, 6) is 0.425. The van der Waals surface area contributed by atoms with Crippen molar-refractivity contribution in [2.45, 2.75) is 25.3 Å². The van der Waals surface area contributed by atoms with Crippen molar-refractivity contribution in [2.24, 2.45) is 0 Å². The molecule has 0 aromatic heterocycles. The predicted octanol–water partition coefficient (Wildman–Crippen LogP) is 3.37. The summed E-state index contributed by atoms with van der Waals surface area (Å²) in [4.78, 5) is 11.7. The number of hydrogen-bond acceptors (Lipinski definition) is 3. The van der Waals surface area contributed by atoms with E-state index in [4.69, 9.17) is 5.73 Å². The minimum Gasteiger partial charge on any atom is -0.398 e. The lowest BCUT2D eigenvalue weighted by Crippen LogP contribution is -2.23. The van der Waals surface area contributed by atoms with Gasteiger partial charge in [0.25, 0.3) is 0 Å². The summed E-state index contributed by atoms with van der Waals surface area (Å²) >= 11 is 1.41. The smallest absolute Gasteiger partial charge is 0.398 e. The first-order chi connectivity index (χ1) is 8.75. The van der Waals surface area contributed by atoms with Gasteiger partial charge in [-0.3, -0.25) is 4.79 Å². The number of nitrogens with two attached hydrogens (primary N) is 1. The lowest BCUT2D eigenvalue weighted by atomic mass is 10.1. The Kier molecular flexibility index (Phi) is 5.11. The second-order valence-electron chi connectivity index (χ2n) is 3.89. The highest BCUT2D eigenvalue weighted by molar-refractivity contribution is 8.00. The fourth-order valence-electron chi connectivity index (χ4n) is 1.45. The van der Waals surface area contributed by atoms with Crippen LogP contribution in [0.1, 0.15) is 19.4 Å². The Hall–Kier alpha value is -1.37. The number of hydrogen-bond donors (Lipinski definition) is 2. The van der Waals surface area contributed by atoms with E-state index in [1.54, 1.807) is 6.92 Å². The molecule has 0 saturated carbocycles. The molecule has 1 aromatic carbocycles. The highest BCUT2D eigenvalue weighted by Gasteiger charge is 2.33. The van der Waals surface area contributed by atoms with Crippen LogP contribution in [0.3, 0.4) is 0 Å². The lowest BCUT2D eigenvalue weighted by molar-refractivity contribution is -0.136. The summed E-state index contributed by atoms with van der Waals surface area (Å²) in [6.45, 7) is 3.60. The molecular formula is C12H15F3N2OS. The van der Waals surface area contributed by atoms with Gasteiger partial charge in [0.15, 0.2) is 0 Å². The number of carbonyl (C=O) groups excluding carboxylic acids is 1. The minimum atomic E-state index is -4.53. The third kappa shape index (κ3) is 4.34.